The summed E-state index contributed by atoms with van der Waals surface area (Å²) in [5.41, 5.74) is 0.627. The molecule has 1 aromatic carbocycles. The molecular weight excluding hydrogens is 216 g/mol. The Labute approximate surface area is 91.8 Å². The molecule has 0 aliphatic rings. The van der Waals surface area contributed by atoms with Crippen LogP contribution < -0.4 is 4.74 Å². The predicted molar refractivity (Wildman–Crippen MR) is 56.0 cm³/mol. The van der Waals surface area contributed by atoms with Crippen LogP contribution in [0.3, 0.4) is 0 Å². The molecule has 0 saturated carbocycles. The van der Waals surface area contributed by atoms with E-state index in [9.17, 15) is 0 Å². The molecule has 1 heterocycles. The summed E-state index contributed by atoms with van der Waals surface area (Å²) in [6.45, 7) is 1.75. The number of rotatable bonds is 2. The first-order chi connectivity index (χ1) is 7.22. The van der Waals surface area contributed by atoms with Gasteiger partial charge in [0.05, 0.1) is 12.1 Å². The summed E-state index contributed by atoms with van der Waals surface area (Å²) in [6, 6.07) is 5.34. The van der Waals surface area contributed by atoms with E-state index >= 15 is 0 Å². The van der Waals surface area contributed by atoms with Crippen molar-refractivity contribution in [3.8, 4) is 17.2 Å². The first kappa shape index (κ1) is 9.98. The van der Waals surface area contributed by atoms with Gasteiger partial charge in [-0.2, -0.15) is 4.98 Å². The summed E-state index contributed by atoms with van der Waals surface area (Å²) in [7, 11) is 1.57. The molecule has 0 unspecified atom stereocenters. The molecule has 0 saturated heterocycles. The summed E-state index contributed by atoms with van der Waals surface area (Å²) < 4.78 is 10.2. The zero-order chi connectivity index (χ0) is 10.8. The van der Waals surface area contributed by atoms with Gasteiger partial charge >= 0.3 is 0 Å². The van der Waals surface area contributed by atoms with E-state index in [1.54, 1.807) is 32.2 Å². The van der Waals surface area contributed by atoms with E-state index in [1.165, 1.54) is 0 Å². The van der Waals surface area contributed by atoms with Crippen molar-refractivity contribution in [2.24, 2.45) is 0 Å². The van der Waals surface area contributed by atoms with Gasteiger partial charge in [-0.3, -0.25) is 0 Å². The highest BCUT2D eigenvalue weighted by Gasteiger charge is 2.15. The summed E-state index contributed by atoms with van der Waals surface area (Å²) >= 11 is 6.04. The van der Waals surface area contributed by atoms with Crippen LogP contribution >= 0.6 is 11.6 Å². The molecule has 2 aromatic rings. The number of methoxy groups -OCH3 is 1. The summed E-state index contributed by atoms with van der Waals surface area (Å²) in [6.07, 6.45) is 0. The second-order valence-corrected chi connectivity index (χ2v) is 3.37. The van der Waals surface area contributed by atoms with Crippen LogP contribution in [0.25, 0.3) is 11.5 Å². The number of hydrogen-bond donors (Lipinski definition) is 0. The monoisotopic (exact) mass is 224 g/mol. The van der Waals surface area contributed by atoms with E-state index in [1.807, 2.05) is 0 Å². The number of aromatic nitrogens is 2. The molecule has 5 heteroatoms. The highest BCUT2D eigenvalue weighted by atomic mass is 35.5. The Morgan fingerprint density at radius 2 is 2.20 bits per heavy atom. The SMILES string of the molecule is COc1cccc(Cl)c1-c1nc(C)no1. The molecule has 1 aromatic heterocycles. The number of hydrogen-bond acceptors (Lipinski definition) is 4. The fourth-order valence-corrected chi connectivity index (χ4v) is 1.53. The minimum atomic E-state index is 0.370. The van der Waals surface area contributed by atoms with Crippen LogP contribution in [0, 0.1) is 6.92 Å². The molecule has 0 amide bonds. The standard InChI is InChI=1S/C10H9ClN2O2/c1-6-12-10(15-13-6)9-7(11)4-3-5-8(9)14-2/h3-5H,1-2H3. The van der Waals surface area contributed by atoms with Crippen LogP contribution in [0.4, 0.5) is 0 Å². The molecule has 0 spiro atoms. The zero-order valence-electron chi connectivity index (χ0n) is 8.32. The van der Waals surface area contributed by atoms with Crippen LogP contribution in [-0.2, 0) is 0 Å². The van der Waals surface area contributed by atoms with Gasteiger partial charge in [0.15, 0.2) is 5.82 Å². The molecule has 2 rings (SSSR count). The summed E-state index contributed by atoms with van der Waals surface area (Å²) in [5, 5.41) is 4.24. The van der Waals surface area contributed by atoms with Crippen molar-refractivity contribution >= 4 is 11.6 Å². The number of benzene rings is 1. The Morgan fingerprint density at radius 1 is 1.40 bits per heavy atom. The topological polar surface area (TPSA) is 48.2 Å². The Bertz CT molecular complexity index is 482. The molecular formula is C10H9ClN2O2. The van der Waals surface area contributed by atoms with E-state index in [2.05, 4.69) is 10.1 Å². The third-order valence-corrected chi connectivity index (χ3v) is 2.25. The molecule has 0 radical (unpaired) electrons. The molecule has 0 aliphatic carbocycles. The van der Waals surface area contributed by atoms with Gasteiger partial charge in [0.1, 0.15) is 11.3 Å². The van der Waals surface area contributed by atoms with Crippen LogP contribution in [0.2, 0.25) is 5.02 Å². The van der Waals surface area contributed by atoms with Crippen LogP contribution in [0.5, 0.6) is 5.75 Å². The average Bonchev–Trinajstić information content (AvgIpc) is 2.64. The molecule has 0 aliphatic heterocycles. The first-order valence-electron chi connectivity index (χ1n) is 4.35. The largest absolute Gasteiger partial charge is 0.496 e. The summed E-state index contributed by atoms with van der Waals surface area (Å²) in [5.74, 6) is 1.55. The third kappa shape index (κ3) is 1.80. The first-order valence-corrected chi connectivity index (χ1v) is 4.73. The second kappa shape index (κ2) is 3.90. The van der Waals surface area contributed by atoms with Gasteiger partial charge in [-0.25, -0.2) is 0 Å². The molecule has 0 N–H and O–H groups in total. The van der Waals surface area contributed by atoms with Crippen molar-refractivity contribution in [2.45, 2.75) is 6.92 Å². The number of aryl methyl sites for hydroxylation is 1. The van der Waals surface area contributed by atoms with E-state index < -0.39 is 0 Å². The Hall–Kier alpha value is -1.55. The van der Waals surface area contributed by atoms with Crippen molar-refractivity contribution in [3.05, 3.63) is 29.0 Å². The van der Waals surface area contributed by atoms with Crippen LogP contribution in [0.1, 0.15) is 5.82 Å². The van der Waals surface area contributed by atoms with E-state index in [-0.39, 0.29) is 0 Å². The predicted octanol–water partition coefficient (Wildman–Crippen LogP) is 2.71. The fourth-order valence-electron chi connectivity index (χ4n) is 1.28. The smallest absolute Gasteiger partial charge is 0.263 e. The fraction of sp³-hybridized carbons (Fsp3) is 0.200. The maximum Gasteiger partial charge on any atom is 0.263 e. The number of ether oxygens (including phenoxy) is 1. The van der Waals surface area contributed by atoms with Crippen LogP contribution in [0.15, 0.2) is 22.7 Å². The Morgan fingerprint density at radius 3 is 2.80 bits per heavy atom. The second-order valence-electron chi connectivity index (χ2n) is 2.96. The van der Waals surface area contributed by atoms with Gasteiger partial charge in [-0.1, -0.05) is 22.8 Å². The van der Waals surface area contributed by atoms with Gasteiger partial charge in [-0.15, -0.1) is 0 Å². The quantitative estimate of drug-likeness (QED) is 0.787. The van der Waals surface area contributed by atoms with Crippen LogP contribution in [-0.4, -0.2) is 17.3 Å². The van der Waals surface area contributed by atoms with Crippen molar-refractivity contribution < 1.29 is 9.26 Å². The van der Waals surface area contributed by atoms with Gasteiger partial charge in [-0.05, 0) is 19.1 Å². The zero-order valence-corrected chi connectivity index (χ0v) is 9.08. The lowest BCUT2D eigenvalue weighted by molar-refractivity contribution is 0.404. The number of nitrogens with zero attached hydrogens (tertiary/aromatic N) is 2. The molecule has 15 heavy (non-hydrogen) atoms. The third-order valence-electron chi connectivity index (χ3n) is 1.94. The molecule has 78 valence electrons. The lowest BCUT2D eigenvalue weighted by atomic mass is 10.2. The number of halogens is 1. The van der Waals surface area contributed by atoms with Gasteiger partial charge < -0.3 is 9.26 Å². The maximum absolute atomic E-state index is 6.04. The van der Waals surface area contributed by atoms with Crippen molar-refractivity contribution in [3.63, 3.8) is 0 Å². The average molecular weight is 225 g/mol. The van der Waals surface area contributed by atoms with Crippen molar-refractivity contribution in [2.75, 3.05) is 7.11 Å². The molecule has 0 atom stereocenters. The lowest BCUT2D eigenvalue weighted by Gasteiger charge is -2.05. The van der Waals surface area contributed by atoms with E-state index in [0.717, 1.165) is 0 Å². The normalized spacial score (nSPS) is 10.3. The summed E-state index contributed by atoms with van der Waals surface area (Å²) in [4.78, 5) is 4.11. The molecule has 0 fully saturated rings. The minimum absolute atomic E-state index is 0.370. The Kier molecular flexibility index (Phi) is 2.60. The minimum Gasteiger partial charge on any atom is -0.496 e. The highest BCUT2D eigenvalue weighted by molar-refractivity contribution is 6.33. The van der Waals surface area contributed by atoms with Gasteiger partial charge in [0.2, 0.25) is 0 Å². The highest BCUT2D eigenvalue weighted by Crippen LogP contribution is 2.34. The Balaban J connectivity index is 2.60. The van der Waals surface area contributed by atoms with E-state index in [4.69, 9.17) is 20.9 Å². The molecule has 0 bridgehead atoms. The maximum atomic E-state index is 6.04. The van der Waals surface area contributed by atoms with Gasteiger partial charge in [0.25, 0.3) is 5.89 Å². The van der Waals surface area contributed by atoms with Crippen molar-refractivity contribution in [1.82, 2.24) is 10.1 Å². The van der Waals surface area contributed by atoms with Gasteiger partial charge in [0, 0.05) is 0 Å². The molecule has 4 nitrogen and oxygen atoms in total. The lowest BCUT2D eigenvalue weighted by Crippen LogP contribution is -1.88. The van der Waals surface area contributed by atoms with Crippen molar-refractivity contribution in [1.29, 1.82) is 0 Å². The van der Waals surface area contributed by atoms with E-state index in [0.29, 0.717) is 28.1 Å².